The highest BCUT2D eigenvalue weighted by Crippen LogP contribution is 2.44. The molecule has 0 atom stereocenters. The zero-order valence-electron chi connectivity index (χ0n) is 48.3. The van der Waals surface area contributed by atoms with Gasteiger partial charge in [-0.15, -0.1) is 0 Å². The third-order valence-electron chi connectivity index (χ3n) is 15.7. The second kappa shape index (κ2) is 23.4. The fourth-order valence-electron chi connectivity index (χ4n) is 11.6. The summed E-state index contributed by atoms with van der Waals surface area (Å²) in [5.74, 6) is 2.21. The van der Waals surface area contributed by atoms with E-state index in [4.69, 9.17) is 13.8 Å². The molecule has 0 fully saturated rings. The fraction of sp³-hybridized carbons (Fsp3) is 0.167. The van der Waals surface area contributed by atoms with Crippen molar-refractivity contribution in [2.45, 2.75) is 79.1 Å². The lowest BCUT2D eigenvalue weighted by atomic mass is 9.79. The van der Waals surface area contributed by atoms with E-state index in [0.717, 1.165) is 76.5 Å². The summed E-state index contributed by atoms with van der Waals surface area (Å²) in [4.78, 5) is 18.5. The maximum absolute atomic E-state index is 9.24. The van der Waals surface area contributed by atoms with Gasteiger partial charge in [0.1, 0.15) is 39.2 Å². The minimum absolute atomic E-state index is 0.297. The van der Waals surface area contributed by atoms with Crippen LogP contribution < -0.4 is 5.46 Å². The Morgan fingerprint density at radius 3 is 1.35 bits per heavy atom. The average Bonchev–Trinajstić information content (AvgIpc) is 2.40. The number of para-hydroxylation sites is 4. The van der Waals surface area contributed by atoms with Gasteiger partial charge < -0.3 is 18.9 Å². The first kappa shape index (κ1) is 55.6. The molecule has 0 saturated heterocycles. The highest BCUT2D eigenvalue weighted by molar-refractivity contribution is 9.10. The van der Waals surface area contributed by atoms with Crippen LogP contribution in [-0.4, -0.2) is 46.2 Å². The minimum Gasteiger partial charge on any atom is -0.456 e. The summed E-state index contributed by atoms with van der Waals surface area (Å²) in [5.41, 5.74) is 20.9. The minimum atomic E-state index is -1.51. The number of halogens is 1. The third-order valence-corrected chi connectivity index (χ3v) is 16.2. The van der Waals surface area contributed by atoms with Crippen molar-refractivity contribution >= 4 is 94.5 Å². The number of hydrogen-bond donors (Lipinski definition) is 2. The molecular weight excluding hydrogens is 1100 g/mol. The summed E-state index contributed by atoms with van der Waals surface area (Å²) in [6.07, 6.45) is 7.36. The van der Waals surface area contributed by atoms with Crippen LogP contribution in [0.4, 0.5) is 0 Å². The molecule has 0 saturated carbocycles. The number of aromatic nitrogens is 6. The van der Waals surface area contributed by atoms with E-state index in [0.29, 0.717) is 34.7 Å². The number of furan rings is 2. The zero-order chi connectivity index (χ0) is 58.3. The van der Waals surface area contributed by atoms with Crippen LogP contribution in [0.5, 0.6) is 0 Å². The quantitative estimate of drug-likeness (QED) is 0.130. The van der Waals surface area contributed by atoms with E-state index in [1.807, 2.05) is 73.3 Å². The van der Waals surface area contributed by atoms with Crippen LogP contribution in [0.15, 0.2) is 220 Å². The van der Waals surface area contributed by atoms with Crippen molar-refractivity contribution in [1.82, 2.24) is 29.1 Å². The van der Waals surface area contributed by atoms with E-state index >= 15 is 0 Å². The molecule has 0 amide bonds. The summed E-state index contributed by atoms with van der Waals surface area (Å²) < 4.78 is 17.5. The molecule has 0 aliphatic carbocycles. The molecule has 6 aromatic heterocycles. The van der Waals surface area contributed by atoms with Gasteiger partial charge in [-0.2, -0.15) is 0 Å². The van der Waals surface area contributed by atoms with E-state index in [1.165, 1.54) is 55.9 Å². The molecule has 0 unspecified atom stereocenters. The molecule has 6 heterocycles. The molecule has 0 radical (unpaired) electrons. The lowest BCUT2D eigenvalue weighted by Gasteiger charge is -2.24. The van der Waals surface area contributed by atoms with Gasteiger partial charge in [-0.25, -0.2) is 9.97 Å². The Morgan fingerprint density at radius 1 is 0.429 bits per heavy atom. The van der Waals surface area contributed by atoms with Gasteiger partial charge in [-0.1, -0.05) is 183 Å². The van der Waals surface area contributed by atoms with Crippen LogP contribution in [0.25, 0.3) is 111 Å². The summed E-state index contributed by atoms with van der Waals surface area (Å²) in [7, 11) is -1.51. The summed E-state index contributed by atoms with van der Waals surface area (Å²) in [6, 6.07) is 62.3. The number of hydrogen-bond acceptors (Lipinski definition) is 8. The normalized spacial score (nSPS) is 11.7. The predicted octanol–water partition coefficient (Wildman–Crippen LogP) is 18.3. The maximum Gasteiger partial charge on any atom is 0.492 e. The van der Waals surface area contributed by atoms with Gasteiger partial charge in [0.15, 0.2) is 4.73 Å². The molecule has 2 N–H and O–H groups in total. The van der Waals surface area contributed by atoms with E-state index in [9.17, 15) is 10.0 Å². The smallest absolute Gasteiger partial charge is 0.456 e. The molecule has 0 spiro atoms. The van der Waals surface area contributed by atoms with Gasteiger partial charge in [0.05, 0.1) is 40.4 Å². The predicted molar refractivity (Wildman–Crippen MR) is 349 cm³/mol. The Bertz CT molecular complexity index is 4640. The number of benzene rings is 8. The third kappa shape index (κ3) is 10.4. The lowest BCUT2D eigenvalue weighted by molar-refractivity contribution is 0.425. The van der Waals surface area contributed by atoms with E-state index in [1.54, 1.807) is 12.1 Å². The van der Waals surface area contributed by atoms with Gasteiger partial charge in [-0.05, 0) is 139 Å². The Morgan fingerprint density at radius 2 is 0.845 bits per heavy atom. The maximum atomic E-state index is 9.24. The number of fused-ring (bicyclic) bond motifs is 8. The van der Waals surface area contributed by atoms with Gasteiger partial charge in [0.2, 0.25) is 0 Å². The molecule has 10 nitrogen and oxygen atoms in total. The highest BCUT2D eigenvalue weighted by atomic mass is 79.9. The van der Waals surface area contributed by atoms with Gasteiger partial charge >= 0.3 is 7.12 Å². The SMILES string of the molecule is CC(C)c1cc(-c2ccccc2)cc(C(C)C)c1-n1c(-c2cccc3c2oc2ccccc23)nc2cnccc21.CC(C)c1cc(-c2ccccc2)cc(C(C)C)c1-n1c(Br)nc2cnccc21.OB(O)c1cccc2c1oc1ccccc12. The van der Waals surface area contributed by atoms with Crippen molar-refractivity contribution in [3.8, 4) is 45.0 Å². The van der Waals surface area contributed by atoms with E-state index < -0.39 is 7.12 Å². The van der Waals surface area contributed by atoms with Crippen LogP contribution in [0.3, 0.4) is 0 Å². The molecule has 12 heteroatoms. The highest BCUT2D eigenvalue weighted by Gasteiger charge is 2.27. The van der Waals surface area contributed by atoms with Crippen molar-refractivity contribution in [3.05, 3.63) is 234 Å². The van der Waals surface area contributed by atoms with E-state index in [-0.39, 0.29) is 0 Å². The first-order valence-corrected chi connectivity index (χ1v) is 29.5. The van der Waals surface area contributed by atoms with Gasteiger partial charge in [0.25, 0.3) is 0 Å². The zero-order valence-corrected chi connectivity index (χ0v) is 49.9. The topological polar surface area (TPSA) is 128 Å². The van der Waals surface area contributed by atoms with Crippen LogP contribution in [0, 0.1) is 0 Å². The van der Waals surface area contributed by atoms with E-state index in [2.05, 4.69) is 217 Å². The Labute approximate surface area is 497 Å². The molecule has 416 valence electrons. The van der Waals surface area contributed by atoms with Gasteiger partial charge in [0, 0.05) is 39.4 Å². The molecular formula is C72H64BBrN6O4. The number of nitrogens with zero attached hydrogens (tertiary/aromatic N) is 6. The van der Waals surface area contributed by atoms with Crippen LogP contribution >= 0.6 is 15.9 Å². The Hall–Kier alpha value is -8.94. The van der Waals surface area contributed by atoms with Crippen molar-refractivity contribution in [3.63, 3.8) is 0 Å². The second-order valence-electron chi connectivity index (χ2n) is 22.5. The lowest BCUT2D eigenvalue weighted by Crippen LogP contribution is -2.29. The van der Waals surface area contributed by atoms with Gasteiger partial charge in [-0.3, -0.25) is 19.1 Å². The van der Waals surface area contributed by atoms with Crippen molar-refractivity contribution in [1.29, 1.82) is 0 Å². The van der Waals surface area contributed by atoms with Crippen molar-refractivity contribution in [2.24, 2.45) is 0 Å². The molecule has 84 heavy (non-hydrogen) atoms. The summed E-state index contributed by atoms with van der Waals surface area (Å²) in [6.45, 7) is 18.1. The largest absolute Gasteiger partial charge is 0.492 e. The van der Waals surface area contributed by atoms with Crippen LogP contribution in [-0.2, 0) is 0 Å². The Balaban J connectivity index is 0.000000136. The number of pyridine rings is 2. The summed E-state index contributed by atoms with van der Waals surface area (Å²) >= 11 is 3.70. The molecule has 0 aliphatic rings. The first-order valence-electron chi connectivity index (χ1n) is 28.7. The first-order chi connectivity index (χ1) is 40.7. The molecule has 8 aromatic carbocycles. The van der Waals surface area contributed by atoms with Crippen LogP contribution in [0.1, 0.15) is 101 Å². The monoisotopic (exact) mass is 1170 g/mol. The van der Waals surface area contributed by atoms with Crippen LogP contribution in [0.2, 0.25) is 0 Å². The molecule has 0 aliphatic heterocycles. The summed E-state index contributed by atoms with van der Waals surface area (Å²) in [5, 5.41) is 22.6. The molecule has 14 aromatic rings. The Kier molecular flexibility index (Phi) is 15.5. The number of imidazole rings is 2. The number of rotatable bonds is 10. The average molecular weight is 1170 g/mol. The second-order valence-corrected chi connectivity index (χ2v) is 23.3. The molecule has 14 rings (SSSR count). The van der Waals surface area contributed by atoms with Crippen molar-refractivity contribution in [2.75, 3.05) is 0 Å². The molecule has 0 bridgehead atoms. The standard InChI is InChI=1S/C36H31N3O.C24H24BrN3.C12H9BO3/c1-22(2)29-19-25(24-11-6-5-7-12-24)20-30(23(3)4)34(29)39-32-17-18-37-21-31(32)38-36(39)28-15-10-14-27-26-13-8-9-16-33(26)40-35(27)28;1-15(2)19-12-18(17-8-6-5-7-9-17)13-20(16(3)4)23(19)28-22-10-11-26-14-21(22)27-24(28)25;14-13(15)10-6-3-5-9-8-4-1-2-7-11(8)16-12(9)10/h5-23H,1-4H3;5-16H,1-4H3;1-7,14-15H. The fourth-order valence-corrected chi connectivity index (χ4v) is 12.1. The van der Waals surface area contributed by atoms with Crippen molar-refractivity contribution < 1.29 is 18.9 Å².